The van der Waals surface area contributed by atoms with E-state index in [9.17, 15) is 9.59 Å². The van der Waals surface area contributed by atoms with Gasteiger partial charge in [0.1, 0.15) is 18.1 Å². The van der Waals surface area contributed by atoms with Crippen LogP contribution in [-0.2, 0) is 16.2 Å². The minimum atomic E-state index is -0.911. The first-order valence-electron chi connectivity index (χ1n) is 9.41. The Balaban J connectivity index is 1.54. The Morgan fingerprint density at radius 2 is 1.78 bits per heavy atom. The molecule has 0 saturated carbocycles. The number of halogens is 2. The third-order valence-electron chi connectivity index (χ3n) is 4.24. The van der Waals surface area contributed by atoms with E-state index in [-0.39, 0.29) is 0 Å². The van der Waals surface area contributed by atoms with Crippen LogP contribution in [0.25, 0.3) is 0 Å². The van der Waals surface area contributed by atoms with Crippen LogP contribution in [0.15, 0.2) is 76.3 Å². The molecule has 7 nitrogen and oxygen atoms in total. The highest BCUT2D eigenvalue weighted by atomic mass is 79.9. The van der Waals surface area contributed by atoms with Gasteiger partial charge in [0.15, 0.2) is 0 Å². The molecule has 0 aliphatic heterocycles. The number of nitrogens with one attached hydrogen (secondary N) is 2. The summed E-state index contributed by atoms with van der Waals surface area (Å²) in [5, 5.41) is 6.94. The van der Waals surface area contributed by atoms with Gasteiger partial charge in [-0.15, -0.1) is 0 Å². The van der Waals surface area contributed by atoms with E-state index in [2.05, 4.69) is 31.8 Å². The Kier molecular flexibility index (Phi) is 8.24. The van der Waals surface area contributed by atoms with Crippen molar-refractivity contribution in [1.82, 2.24) is 5.43 Å². The zero-order valence-electron chi connectivity index (χ0n) is 17.0. The molecule has 3 rings (SSSR count). The molecule has 0 atom stereocenters. The van der Waals surface area contributed by atoms with Crippen LogP contribution < -0.4 is 20.2 Å². The molecule has 3 aromatic carbocycles. The average Bonchev–Trinajstić information content (AvgIpc) is 2.79. The number of carbonyl (C=O) groups is 2. The lowest BCUT2D eigenvalue weighted by molar-refractivity contribution is -0.136. The Labute approximate surface area is 198 Å². The summed E-state index contributed by atoms with van der Waals surface area (Å²) in [6, 6.07) is 19.5. The third kappa shape index (κ3) is 6.32. The topological polar surface area (TPSA) is 89.0 Å². The van der Waals surface area contributed by atoms with Crippen LogP contribution in [0.4, 0.5) is 5.69 Å². The van der Waals surface area contributed by atoms with Gasteiger partial charge in [0, 0.05) is 10.6 Å². The molecular formula is C23H19BrClN3O4. The van der Waals surface area contributed by atoms with E-state index < -0.39 is 11.8 Å². The second-order valence-corrected chi connectivity index (χ2v) is 7.69. The number of anilines is 1. The summed E-state index contributed by atoms with van der Waals surface area (Å²) in [5.41, 5.74) is 4.14. The van der Waals surface area contributed by atoms with Gasteiger partial charge in [-0.05, 0) is 57.9 Å². The molecular weight excluding hydrogens is 498 g/mol. The lowest BCUT2D eigenvalue weighted by Crippen LogP contribution is -2.32. The lowest BCUT2D eigenvalue weighted by Gasteiger charge is -2.10. The standard InChI is InChI=1S/C23H19BrClN3O4/c1-31-21-9-5-4-8-19(21)27-22(29)23(30)28-26-13-15-10-11-20(17(24)12-15)32-14-16-6-2-3-7-18(16)25/h2-13H,14H2,1H3,(H,27,29)(H,28,30)/b26-13-. The normalized spacial score (nSPS) is 10.6. The van der Waals surface area contributed by atoms with Crippen molar-refractivity contribution in [3.63, 3.8) is 0 Å². The van der Waals surface area contributed by atoms with Crippen molar-refractivity contribution in [2.45, 2.75) is 6.61 Å². The van der Waals surface area contributed by atoms with Gasteiger partial charge in [-0.3, -0.25) is 9.59 Å². The first kappa shape index (κ1) is 23.3. The molecule has 0 aromatic heterocycles. The summed E-state index contributed by atoms with van der Waals surface area (Å²) in [6.07, 6.45) is 1.41. The number of hydrogen-bond donors (Lipinski definition) is 2. The van der Waals surface area contributed by atoms with E-state index >= 15 is 0 Å². The number of carbonyl (C=O) groups excluding carboxylic acids is 2. The smallest absolute Gasteiger partial charge is 0.329 e. The molecule has 3 aromatic rings. The molecule has 164 valence electrons. The summed E-state index contributed by atoms with van der Waals surface area (Å²) < 4.78 is 11.6. The fraction of sp³-hybridized carbons (Fsp3) is 0.0870. The van der Waals surface area contributed by atoms with Crippen molar-refractivity contribution in [2.75, 3.05) is 12.4 Å². The molecule has 0 heterocycles. The van der Waals surface area contributed by atoms with Gasteiger partial charge >= 0.3 is 11.8 Å². The van der Waals surface area contributed by atoms with Crippen LogP contribution in [0.5, 0.6) is 11.5 Å². The molecule has 2 N–H and O–H groups in total. The van der Waals surface area contributed by atoms with Gasteiger partial charge in [-0.2, -0.15) is 5.10 Å². The van der Waals surface area contributed by atoms with Gasteiger partial charge in [-0.1, -0.05) is 41.9 Å². The summed E-state index contributed by atoms with van der Waals surface area (Å²) in [5.74, 6) is -0.705. The first-order valence-corrected chi connectivity index (χ1v) is 10.6. The van der Waals surface area contributed by atoms with Gasteiger partial charge in [0.25, 0.3) is 0 Å². The molecule has 0 bridgehead atoms. The van der Waals surface area contributed by atoms with E-state index in [0.29, 0.717) is 38.9 Å². The predicted octanol–water partition coefficient (Wildman–Crippen LogP) is 4.78. The molecule has 0 aliphatic rings. The Morgan fingerprint density at radius 3 is 2.53 bits per heavy atom. The molecule has 9 heteroatoms. The maximum atomic E-state index is 12.0. The van der Waals surface area contributed by atoms with Gasteiger partial charge in [0.05, 0.1) is 23.5 Å². The van der Waals surface area contributed by atoms with Crippen molar-refractivity contribution < 1.29 is 19.1 Å². The van der Waals surface area contributed by atoms with Crippen LogP contribution >= 0.6 is 27.5 Å². The van der Waals surface area contributed by atoms with E-state index in [1.54, 1.807) is 48.5 Å². The van der Waals surface area contributed by atoms with Crippen LogP contribution in [0, 0.1) is 0 Å². The minimum Gasteiger partial charge on any atom is -0.495 e. The quantitative estimate of drug-likeness (QED) is 0.269. The maximum Gasteiger partial charge on any atom is 0.329 e. The molecule has 0 radical (unpaired) electrons. The van der Waals surface area contributed by atoms with Crippen molar-refractivity contribution >= 4 is 51.2 Å². The number of methoxy groups -OCH3 is 1. The van der Waals surface area contributed by atoms with Crippen molar-refractivity contribution in [1.29, 1.82) is 0 Å². The second kappa shape index (κ2) is 11.3. The van der Waals surface area contributed by atoms with Crippen molar-refractivity contribution in [3.05, 3.63) is 87.4 Å². The van der Waals surface area contributed by atoms with Gasteiger partial charge in [-0.25, -0.2) is 5.43 Å². The lowest BCUT2D eigenvalue weighted by atomic mass is 10.2. The molecule has 0 saturated heterocycles. The molecule has 0 unspecified atom stereocenters. The summed E-state index contributed by atoms with van der Waals surface area (Å²) in [6.45, 7) is 0.322. The fourth-order valence-electron chi connectivity index (χ4n) is 2.63. The van der Waals surface area contributed by atoms with E-state index in [4.69, 9.17) is 21.1 Å². The van der Waals surface area contributed by atoms with Crippen LogP contribution in [-0.4, -0.2) is 25.1 Å². The van der Waals surface area contributed by atoms with E-state index in [1.807, 2.05) is 18.2 Å². The number of ether oxygens (including phenoxy) is 2. The number of rotatable bonds is 7. The Bertz CT molecular complexity index is 1150. The number of amides is 2. The zero-order valence-corrected chi connectivity index (χ0v) is 19.3. The van der Waals surface area contributed by atoms with Gasteiger partial charge in [0.2, 0.25) is 0 Å². The molecule has 2 amide bonds. The number of hydrogen-bond acceptors (Lipinski definition) is 5. The summed E-state index contributed by atoms with van der Waals surface area (Å²) >= 11 is 9.59. The zero-order chi connectivity index (χ0) is 22.9. The number of para-hydroxylation sites is 2. The van der Waals surface area contributed by atoms with Gasteiger partial charge < -0.3 is 14.8 Å². The molecule has 0 fully saturated rings. The summed E-state index contributed by atoms with van der Waals surface area (Å²) in [4.78, 5) is 24.0. The highest BCUT2D eigenvalue weighted by Gasteiger charge is 2.15. The maximum absolute atomic E-state index is 12.0. The van der Waals surface area contributed by atoms with E-state index in [1.165, 1.54) is 13.3 Å². The number of benzene rings is 3. The van der Waals surface area contributed by atoms with Crippen molar-refractivity contribution in [3.8, 4) is 11.5 Å². The molecule has 0 aliphatic carbocycles. The minimum absolute atomic E-state index is 0.322. The molecule has 32 heavy (non-hydrogen) atoms. The van der Waals surface area contributed by atoms with Crippen molar-refractivity contribution in [2.24, 2.45) is 5.10 Å². The Morgan fingerprint density at radius 1 is 1.03 bits per heavy atom. The molecule has 0 spiro atoms. The van der Waals surface area contributed by atoms with Crippen LogP contribution in [0.3, 0.4) is 0 Å². The highest BCUT2D eigenvalue weighted by molar-refractivity contribution is 9.10. The van der Waals surface area contributed by atoms with Crippen LogP contribution in [0.1, 0.15) is 11.1 Å². The number of nitrogens with zero attached hydrogens (tertiary/aromatic N) is 1. The highest BCUT2D eigenvalue weighted by Crippen LogP contribution is 2.27. The van der Waals surface area contributed by atoms with E-state index in [0.717, 1.165) is 5.56 Å². The second-order valence-electron chi connectivity index (χ2n) is 6.42. The Hall–Kier alpha value is -3.36. The fourth-order valence-corrected chi connectivity index (χ4v) is 3.33. The number of hydrazone groups is 1. The van der Waals surface area contributed by atoms with Crippen LogP contribution in [0.2, 0.25) is 5.02 Å². The summed E-state index contributed by atoms with van der Waals surface area (Å²) in [7, 11) is 1.47. The largest absolute Gasteiger partial charge is 0.495 e. The monoisotopic (exact) mass is 515 g/mol. The first-order chi connectivity index (χ1) is 15.5. The predicted molar refractivity (Wildman–Crippen MR) is 127 cm³/mol. The average molecular weight is 517 g/mol. The SMILES string of the molecule is COc1ccccc1NC(=O)C(=O)N/N=C\c1ccc(OCc2ccccc2Cl)c(Br)c1. The third-order valence-corrected chi connectivity index (χ3v) is 5.23.